The highest BCUT2D eigenvalue weighted by molar-refractivity contribution is 7.14. The molecule has 0 aliphatic carbocycles. The van der Waals surface area contributed by atoms with Crippen molar-refractivity contribution in [3.63, 3.8) is 0 Å². The first-order chi connectivity index (χ1) is 12.6. The van der Waals surface area contributed by atoms with Crippen molar-refractivity contribution in [3.05, 3.63) is 71.1 Å². The molecule has 5 heteroatoms. The second-order valence-electron chi connectivity index (χ2n) is 6.52. The summed E-state index contributed by atoms with van der Waals surface area (Å²) in [5.74, 6) is -0.222. The Bertz CT molecular complexity index is 960. The summed E-state index contributed by atoms with van der Waals surface area (Å²) < 4.78 is 0. The predicted molar refractivity (Wildman–Crippen MR) is 107 cm³/mol. The Hall–Kier alpha value is -2.79. The van der Waals surface area contributed by atoms with Crippen molar-refractivity contribution in [2.75, 3.05) is 5.01 Å². The first kappa shape index (κ1) is 16.7. The number of benzene rings is 2. The van der Waals surface area contributed by atoms with Crippen LogP contribution in [0, 0.1) is 12.8 Å². The van der Waals surface area contributed by atoms with Crippen LogP contribution in [-0.2, 0) is 11.2 Å². The fourth-order valence-corrected chi connectivity index (χ4v) is 3.83. The summed E-state index contributed by atoms with van der Waals surface area (Å²) in [5.41, 5.74) is 5.11. The van der Waals surface area contributed by atoms with E-state index in [0.717, 1.165) is 22.5 Å². The Labute approximate surface area is 156 Å². The van der Waals surface area contributed by atoms with Crippen molar-refractivity contribution < 1.29 is 4.79 Å². The molecule has 1 atom stereocenters. The molecular weight excluding hydrogens is 342 g/mol. The van der Waals surface area contributed by atoms with Crippen molar-refractivity contribution in [3.8, 4) is 11.3 Å². The highest BCUT2D eigenvalue weighted by Gasteiger charge is 2.35. The fourth-order valence-electron chi connectivity index (χ4n) is 3.04. The quantitative estimate of drug-likeness (QED) is 0.676. The molecule has 1 amide bonds. The first-order valence-electron chi connectivity index (χ1n) is 8.57. The zero-order valence-electron chi connectivity index (χ0n) is 14.7. The van der Waals surface area contributed by atoms with Gasteiger partial charge in [-0.2, -0.15) is 10.1 Å². The molecule has 0 fully saturated rings. The van der Waals surface area contributed by atoms with Crippen molar-refractivity contribution in [1.82, 2.24) is 4.98 Å². The maximum atomic E-state index is 12.9. The molecular formula is C21H19N3OS. The van der Waals surface area contributed by atoms with Crippen LogP contribution in [0.4, 0.5) is 5.13 Å². The van der Waals surface area contributed by atoms with E-state index in [1.165, 1.54) is 21.9 Å². The Morgan fingerprint density at radius 1 is 1.04 bits per heavy atom. The summed E-state index contributed by atoms with van der Waals surface area (Å²) in [6.45, 7) is 3.98. The highest BCUT2D eigenvalue weighted by atomic mass is 32.1. The van der Waals surface area contributed by atoms with Gasteiger partial charge < -0.3 is 0 Å². The Morgan fingerprint density at radius 3 is 2.50 bits per heavy atom. The average molecular weight is 361 g/mol. The number of aryl methyl sites for hydroxylation is 1. The average Bonchev–Trinajstić information content (AvgIpc) is 3.24. The second kappa shape index (κ2) is 6.84. The van der Waals surface area contributed by atoms with Gasteiger partial charge in [0.15, 0.2) is 0 Å². The molecule has 1 aliphatic rings. The number of amides is 1. The van der Waals surface area contributed by atoms with Crippen LogP contribution >= 0.6 is 11.3 Å². The largest absolute Gasteiger partial charge is 0.272 e. The van der Waals surface area contributed by atoms with E-state index in [4.69, 9.17) is 0 Å². The van der Waals surface area contributed by atoms with E-state index in [2.05, 4.69) is 29.1 Å². The maximum Gasteiger partial charge on any atom is 0.258 e. The number of aromatic nitrogens is 1. The normalized spacial score (nSPS) is 16.8. The van der Waals surface area contributed by atoms with Crippen LogP contribution in [0.2, 0.25) is 0 Å². The predicted octanol–water partition coefficient (Wildman–Crippen LogP) is 4.70. The third kappa shape index (κ3) is 3.18. The van der Waals surface area contributed by atoms with Gasteiger partial charge in [0.1, 0.15) is 0 Å². The Kier molecular flexibility index (Phi) is 4.39. The molecule has 2 heterocycles. The minimum Gasteiger partial charge on any atom is -0.272 e. The third-order valence-corrected chi connectivity index (χ3v) is 5.39. The smallest absolute Gasteiger partial charge is 0.258 e. The Balaban J connectivity index is 1.55. The van der Waals surface area contributed by atoms with Crippen LogP contribution in [-0.4, -0.2) is 16.6 Å². The molecule has 1 unspecified atom stereocenters. The summed E-state index contributed by atoms with van der Waals surface area (Å²) in [4.78, 5) is 17.5. The first-order valence-corrected chi connectivity index (χ1v) is 9.45. The minimum atomic E-state index is -0.218. The van der Waals surface area contributed by atoms with Gasteiger partial charge in [-0.3, -0.25) is 4.79 Å². The van der Waals surface area contributed by atoms with Crippen LogP contribution in [0.25, 0.3) is 11.3 Å². The molecule has 1 aliphatic heterocycles. The topological polar surface area (TPSA) is 45.6 Å². The number of hydrazone groups is 1. The van der Waals surface area contributed by atoms with Crippen molar-refractivity contribution in [2.45, 2.75) is 20.3 Å². The monoisotopic (exact) mass is 361 g/mol. The number of nitrogens with zero attached hydrogens (tertiary/aromatic N) is 3. The van der Waals surface area contributed by atoms with Gasteiger partial charge in [0.05, 0.1) is 11.6 Å². The molecule has 0 saturated heterocycles. The third-order valence-electron chi connectivity index (χ3n) is 4.57. The van der Waals surface area contributed by atoms with E-state index in [0.29, 0.717) is 11.6 Å². The van der Waals surface area contributed by atoms with Gasteiger partial charge in [-0.25, -0.2) is 4.98 Å². The molecule has 2 aromatic carbocycles. The summed E-state index contributed by atoms with van der Waals surface area (Å²) in [6, 6.07) is 18.3. The van der Waals surface area contributed by atoms with E-state index < -0.39 is 0 Å². The zero-order valence-corrected chi connectivity index (χ0v) is 15.5. The van der Waals surface area contributed by atoms with Crippen LogP contribution in [0.3, 0.4) is 0 Å². The lowest BCUT2D eigenvalue weighted by Gasteiger charge is -2.11. The number of carbonyl (C=O) groups excluding carboxylic acids is 1. The SMILES string of the molecule is CC1=NN(c2nc(-c3ccc(C)cc3)cs2)C(=O)C1Cc1ccccc1. The molecule has 0 spiro atoms. The van der Waals surface area contributed by atoms with Gasteiger partial charge in [-0.15, -0.1) is 11.3 Å². The fraction of sp³-hybridized carbons (Fsp3) is 0.190. The van der Waals surface area contributed by atoms with Crippen LogP contribution in [0.15, 0.2) is 65.1 Å². The zero-order chi connectivity index (χ0) is 18.1. The molecule has 4 nitrogen and oxygen atoms in total. The van der Waals surface area contributed by atoms with Gasteiger partial charge in [-0.05, 0) is 25.8 Å². The summed E-state index contributed by atoms with van der Waals surface area (Å²) in [5, 5.41) is 8.55. The molecule has 0 N–H and O–H groups in total. The minimum absolute atomic E-state index is 0.00356. The van der Waals surface area contributed by atoms with E-state index in [9.17, 15) is 4.79 Å². The van der Waals surface area contributed by atoms with Crippen LogP contribution in [0.5, 0.6) is 0 Å². The second-order valence-corrected chi connectivity index (χ2v) is 7.35. The Morgan fingerprint density at radius 2 is 1.77 bits per heavy atom. The standard InChI is InChI=1S/C21H19N3OS/c1-14-8-10-17(11-9-14)19-13-26-21(22-19)24-20(25)18(15(2)23-24)12-16-6-4-3-5-7-16/h3-11,13,18H,12H2,1-2H3. The van der Waals surface area contributed by atoms with E-state index in [1.54, 1.807) is 0 Å². The molecule has 0 radical (unpaired) electrons. The highest BCUT2D eigenvalue weighted by Crippen LogP contribution is 2.32. The van der Waals surface area contributed by atoms with Gasteiger partial charge >= 0.3 is 0 Å². The summed E-state index contributed by atoms with van der Waals surface area (Å²) in [6.07, 6.45) is 0.668. The van der Waals surface area contributed by atoms with Crippen molar-refractivity contribution in [2.24, 2.45) is 11.0 Å². The lowest BCUT2D eigenvalue weighted by molar-refractivity contribution is -0.119. The molecule has 26 heavy (non-hydrogen) atoms. The van der Waals surface area contributed by atoms with E-state index in [1.807, 2.05) is 54.8 Å². The molecule has 0 bridgehead atoms. The van der Waals surface area contributed by atoms with Gasteiger partial charge in [0, 0.05) is 16.7 Å². The number of thiazole rings is 1. The number of anilines is 1. The molecule has 4 rings (SSSR count). The summed E-state index contributed by atoms with van der Waals surface area (Å²) >= 11 is 1.45. The lowest BCUT2D eigenvalue weighted by Crippen LogP contribution is -2.28. The number of hydrogen-bond donors (Lipinski definition) is 0. The number of rotatable bonds is 4. The van der Waals surface area contributed by atoms with Crippen LogP contribution in [0.1, 0.15) is 18.1 Å². The summed E-state index contributed by atoms with van der Waals surface area (Å²) in [7, 11) is 0. The van der Waals surface area contributed by atoms with Crippen molar-refractivity contribution in [1.29, 1.82) is 0 Å². The van der Waals surface area contributed by atoms with E-state index in [-0.39, 0.29) is 11.8 Å². The molecule has 1 aromatic heterocycles. The van der Waals surface area contributed by atoms with E-state index >= 15 is 0 Å². The number of hydrogen-bond acceptors (Lipinski definition) is 4. The number of carbonyl (C=O) groups is 1. The van der Waals surface area contributed by atoms with Gasteiger partial charge in [0.2, 0.25) is 5.13 Å². The van der Waals surface area contributed by atoms with Gasteiger partial charge in [-0.1, -0.05) is 60.2 Å². The van der Waals surface area contributed by atoms with Gasteiger partial charge in [0.25, 0.3) is 5.91 Å². The van der Waals surface area contributed by atoms with Crippen molar-refractivity contribution >= 4 is 28.1 Å². The lowest BCUT2D eigenvalue weighted by atomic mass is 9.95. The molecule has 130 valence electrons. The van der Waals surface area contributed by atoms with Crippen LogP contribution < -0.4 is 5.01 Å². The maximum absolute atomic E-state index is 12.9. The molecule has 0 saturated carbocycles. The molecule has 3 aromatic rings.